The molecule has 1 aromatic rings. The number of nitrogens with one attached hydrogen (secondary N) is 5. The summed E-state index contributed by atoms with van der Waals surface area (Å²) in [6, 6.07) is -3.95. The number of aliphatic carboxylic acids is 1. The highest BCUT2D eigenvalue weighted by atomic mass is 16.4. The molecule has 20 heteroatoms. The molecule has 56 heavy (non-hydrogen) atoms. The van der Waals surface area contributed by atoms with Crippen LogP contribution >= 0.6 is 0 Å². The molecule has 9 unspecified atom stereocenters. The monoisotopic (exact) mass is 794 g/mol. The zero-order valence-electron chi connectivity index (χ0n) is 32.1. The number of aromatic hydroxyl groups is 1. The number of nitrogens with two attached hydrogens (primary N) is 2. The van der Waals surface area contributed by atoms with Gasteiger partial charge in [-0.3, -0.25) is 28.8 Å². The molecule has 20 nitrogen and oxygen atoms in total. The SMILES string of the molecule is CC(C)C(NC(=O)C(Cc1ccc(O)cc1)NC(=O)C(CO)NC(=O)C(N)CCCCN)C(=O)NC(C(=O)N1CCCC1C(=O)NC(C(=O)O)C(C)O)C(C)O. The largest absolute Gasteiger partial charge is 0.508 e. The van der Waals surface area contributed by atoms with Crippen LogP contribution in [0.1, 0.15) is 65.4 Å². The summed E-state index contributed by atoms with van der Waals surface area (Å²) in [6.07, 6.45) is -1.15. The van der Waals surface area contributed by atoms with Crippen molar-refractivity contribution in [1.29, 1.82) is 0 Å². The van der Waals surface area contributed by atoms with Gasteiger partial charge in [0.05, 0.1) is 24.9 Å². The molecule has 1 aliphatic rings. The summed E-state index contributed by atoms with van der Waals surface area (Å²) >= 11 is 0. The van der Waals surface area contributed by atoms with E-state index in [1.54, 1.807) is 13.8 Å². The van der Waals surface area contributed by atoms with E-state index in [1.807, 2.05) is 0 Å². The van der Waals surface area contributed by atoms with E-state index in [1.165, 1.54) is 38.1 Å². The number of aliphatic hydroxyl groups excluding tert-OH is 3. The summed E-state index contributed by atoms with van der Waals surface area (Å²) in [5.74, 6) is -7.29. The van der Waals surface area contributed by atoms with Gasteiger partial charge in [-0.25, -0.2) is 4.79 Å². The van der Waals surface area contributed by atoms with Gasteiger partial charge in [-0.15, -0.1) is 0 Å². The van der Waals surface area contributed by atoms with Crippen LogP contribution in [-0.4, -0.2) is 146 Å². The third-order valence-electron chi connectivity index (χ3n) is 9.31. The molecule has 314 valence electrons. The normalized spacial score (nSPS) is 18.3. The van der Waals surface area contributed by atoms with Crippen LogP contribution in [0.15, 0.2) is 24.3 Å². The number of phenols is 1. The van der Waals surface area contributed by atoms with Gasteiger partial charge in [0, 0.05) is 13.0 Å². The van der Waals surface area contributed by atoms with Crippen LogP contribution in [0.5, 0.6) is 5.75 Å². The number of carboxylic acid groups (broad SMARTS) is 1. The van der Waals surface area contributed by atoms with Gasteiger partial charge in [0.1, 0.15) is 36.0 Å². The number of hydrogen-bond donors (Lipinski definition) is 12. The number of likely N-dealkylation sites (tertiary alicyclic amines) is 1. The Morgan fingerprint density at radius 1 is 0.786 bits per heavy atom. The predicted molar refractivity (Wildman–Crippen MR) is 200 cm³/mol. The van der Waals surface area contributed by atoms with Crippen LogP contribution in [-0.2, 0) is 40.0 Å². The molecular weight excluding hydrogens is 736 g/mol. The minimum Gasteiger partial charge on any atom is -0.508 e. The Kier molecular flexibility index (Phi) is 19.1. The highest BCUT2D eigenvalue weighted by molar-refractivity contribution is 5.97. The zero-order chi connectivity index (χ0) is 42.3. The second-order valence-corrected chi connectivity index (χ2v) is 14.3. The minimum atomic E-state index is -1.64. The van der Waals surface area contributed by atoms with E-state index in [2.05, 4.69) is 26.6 Å². The zero-order valence-corrected chi connectivity index (χ0v) is 32.1. The van der Waals surface area contributed by atoms with Crippen LogP contribution in [0, 0.1) is 5.92 Å². The Hall–Kier alpha value is -4.89. The van der Waals surface area contributed by atoms with Crippen LogP contribution in [0.25, 0.3) is 0 Å². The van der Waals surface area contributed by atoms with Crippen molar-refractivity contribution in [2.75, 3.05) is 19.7 Å². The van der Waals surface area contributed by atoms with Crippen molar-refractivity contribution >= 4 is 41.4 Å². The number of nitrogens with zero attached hydrogens (tertiary/aromatic N) is 1. The predicted octanol–water partition coefficient (Wildman–Crippen LogP) is -3.70. The van der Waals surface area contributed by atoms with Crippen molar-refractivity contribution in [2.24, 2.45) is 17.4 Å². The number of aliphatic hydroxyl groups is 3. The van der Waals surface area contributed by atoms with E-state index in [-0.39, 0.29) is 31.6 Å². The molecule has 14 N–H and O–H groups in total. The molecule has 0 saturated carbocycles. The maximum Gasteiger partial charge on any atom is 0.328 e. The number of carbonyl (C=O) groups is 7. The first-order chi connectivity index (χ1) is 26.3. The van der Waals surface area contributed by atoms with Crippen molar-refractivity contribution in [3.05, 3.63) is 29.8 Å². The van der Waals surface area contributed by atoms with Crippen molar-refractivity contribution in [3.63, 3.8) is 0 Å². The van der Waals surface area contributed by atoms with Crippen molar-refractivity contribution in [2.45, 2.75) is 121 Å². The van der Waals surface area contributed by atoms with Crippen molar-refractivity contribution in [1.82, 2.24) is 31.5 Å². The minimum absolute atomic E-state index is 0.0426. The Balaban J connectivity index is 2.28. The maximum atomic E-state index is 13.9. The van der Waals surface area contributed by atoms with E-state index >= 15 is 0 Å². The molecule has 0 radical (unpaired) electrons. The number of amides is 6. The number of phenolic OH excluding ortho intramolecular Hbond substituents is 1. The maximum absolute atomic E-state index is 13.9. The van der Waals surface area contributed by atoms with Crippen LogP contribution in [0.4, 0.5) is 0 Å². The van der Waals surface area contributed by atoms with Gasteiger partial charge < -0.3 is 68.5 Å². The van der Waals surface area contributed by atoms with Gasteiger partial charge >= 0.3 is 5.97 Å². The molecule has 0 bridgehead atoms. The summed E-state index contributed by atoms with van der Waals surface area (Å²) in [5, 5.41) is 61.6. The standard InChI is InChI=1S/C36H58N8O12/c1-18(2)27(34(53)42-28(19(3)46)35(54)44-15-7-9-26(44)33(52)43-29(20(4)47)36(55)56)41-31(50)24(16-21-10-12-22(48)13-11-21)39-32(51)25(17-45)40-30(49)23(38)8-5-6-14-37/h10-13,18-20,23-29,45-48H,5-9,14-17,37-38H2,1-4H3,(H,39,51)(H,40,49)(H,41,50)(H,42,53)(H,43,52)(H,55,56). The highest BCUT2D eigenvalue weighted by Gasteiger charge is 2.42. The van der Waals surface area contributed by atoms with Crippen molar-refractivity contribution in [3.8, 4) is 5.75 Å². The fraction of sp³-hybridized carbons (Fsp3) is 0.639. The Labute approximate surface area is 325 Å². The van der Waals surface area contributed by atoms with Gasteiger partial charge in [-0.2, -0.15) is 0 Å². The highest BCUT2D eigenvalue weighted by Crippen LogP contribution is 2.20. The van der Waals surface area contributed by atoms with E-state index in [0.29, 0.717) is 31.4 Å². The van der Waals surface area contributed by atoms with Crippen molar-refractivity contribution < 1.29 is 59.1 Å². The van der Waals surface area contributed by atoms with E-state index in [4.69, 9.17) is 11.5 Å². The number of unbranched alkanes of at least 4 members (excludes halogenated alkanes) is 1. The van der Waals surface area contributed by atoms with E-state index < -0.39 is 108 Å². The molecule has 9 atom stereocenters. The number of hydrogen-bond acceptors (Lipinski definition) is 13. The first-order valence-corrected chi connectivity index (χ1v) is 18.6. The number of carboxylic acids is 1. The number of benzene rings is 1. The number of rotatable bonds is 22. The summed E-state index contributed by atoms with van der Waals surface area (Å²) in [4.78, 5) is 93.0. The fourth-order valence-electron chi connectivity index (χ4n) is 6.00. The lowest BCUT2D eigenvalue weighted by molar-refractivity contribution is -0.148. The Morgan fingerprint density at radius 3 is 1.89 bits per heavy atom. The third-order valence-corrected chi connectivity index (χ3v) is 9.31. The Morgan fingerprint density at radius 2 is 1.36 bits per heavy atom. The molecule has 1 saturated heterocycles. The van der Waals surface area contributed by atoms with Gasteiger partial charge in [0.25, 0.3) is 0 Å². The van der Waals surface area contributed by atoms with Crippen LogP contribution in [0.3, 0.4) is 0 Å². The molecule has 0 spiro atoms. The fourth-order valence-corrected chi connectivity index (χ4v) is 6.00. The van der Waals surface area contributed by atoms with Crippen LogP contribution in [0.2, 0.25) is 0 Å². The molecular formula is C36H58N8O12. The van der Waals surface area contributed by atoms with Gasteiger partial charge in [0.15, 0.2) is 6.04 Å². The number of carbonyl (C=O) groups excluding carboxylic acids is 6. The van der Waals surface area contributed by atoms with Gasteiger partial charge in [-0.05, 0) is 69.7 Å². The van der Waals surface area contributed by atoms with E-state index in [0.717, 1.165) is 4.90 Å². The molecule has 1 aliphatic heterocycles. The van der Waals surface area contributed by atoms with Gasteiger partial charge in [-0.1, -0.05) is 32.4 Å². The lowest BCUT2D eigenvalue weighted by Crippen LogP contribution is -2.62. The first kappa shape index (κ1) is 47.3. The second-order valence-electron chi connectivity index (χ2n) is 14.3. The lowest BCUT2D eigenvalue weighted by atomic mass is 9.99. The lowest BCUT2D eigenvalue weighted by Gasteiger charge is -2.32. The first-order valence-electron chi connectivity index (χ1n) is 18.6. The molecule has 6 amide bonds. The quantitative estimate of drug-likeness (QED) is 0.0503. The molecule has 1 aromatic carbocycles. The molecule has 0 aromatic heterocycles. The summed E-state index contributed by atoms with van der Waals surface area (Å²) in [7, 11) is 0. The molecule has 1 fully saturated rings. The topological polar surface area (TPSA) is 336 Å². The summed E-state index contributed by atoms with van der Waals surface area (Å²) in [5.41, 5.74) is 11.9. The average Bonchev–Trinajstić information content (AvgIpc) is 3.63. The average molecular weight is 795 g/mol. The van der Waals surface area contributed by atoms with Gasteiger partial charge in [0.2, 0.25) is 35.4 Å². The van der Waals surface area contributed by atoms with E-state index in [9.17, 15) is 59.1 Å². The smallest absolute Gasteiger partial charge is 0.328 e. The summed E-state index contributed by atoms with van der Waals surface area (Å²) < 4.78 is 0. The Bertz CT molecular complexity index is 1510. The third kappa shape index (κ3) is 14.0. The molecule has 0 aliphatic carbocycles. The molecule has 1 heterocycles. The molecule has 2 rings (SSSR count). The second kappa shape index (κ2) is 22.6. The van der Waals surface area contributed by atoms with Crippen LogP contribution < -0.4 is 38.1 Å². The summed E-state index contributed by atoms with van der Waals surface area (Å²) in [6.45, 7) is 5.20.